The van der Waals surface area contributed by atoms with Gasteiger partial charge in [0, 0.05) is 36.4 Å². The van der Waals surface area contributed by atoms with Gasteiger partial charge in [-0.2, -0.15) is 9.97 Å². The number of phenolic OH excluding ortho intramolecular Hbond substituents is 4. The molecule has 0 saturated heterocycles. The van der Waals surface area contributed by atoms with Gasteiger partial charge in [-0.25, -0.2) is 19.9 Å². The minimum Gasteiger partial charge on any atom is -0.507 e. The zero-order chi connectivity index (χ0) is 50.2. The van der Waals surface area contributed by atoms with E-state index in [1.165, 1.54) is 38.5 Å². The lowest BCUT2D eigenvalue weighted by Crippen LogP contribution is -2.24. The van der Waals surface area contributed by atoms with Crippen LogP contribution in [-0.4, -0.2) is 110 Å². The molecule has 0 aliphatic heterocycles. The highest BCUT2D eigenvalue weighted by molar-refractivity contribution is 5.75. The molecule has 18 heteroatoms. The van der Waals surface area contributed by atoms with Gasteiger partial charge in [0.15, 0.2) is 29.1 Å². The summed E-state index contributed by atoms with van der Waals surface area (Å²) >= 11 is 0. The molecule has 0 unspecified atom stereocenters. The predicted octanol–water partition coefficient (Wildman–Crippen LogP) is 9.09. The van der Waals surface area contributed by atoms with Crippen molar-refractivity contribution in [2.45, 2.75) is 41.0 Å². The number of benzene rings is 5. The molecule has 0 radical (unpaired) electrons. The molecule has 7 rings (SSSR count). The molecule has 0 aliphatic rings. The average Bonchev–Trinajstić information content (AvgIpc) is 3.35. The number of nitrogens with zero attached hydrogens (tertiary/aromatic N) is 6. The van der Waals surface area contributed by atoms with Crippen LogP contribution in [0.1, 0.15) is 41.0 Å². The quantitative estimate of drug-likeness (QED) is 0.0436. The van der Waals surface area contributed by atoms with Gasteiger partial charge in [0.05, 0.1) is 55.1 Å². The normalized spacial score (nSPS) is 11.0. The van der Waals surface area contributed by atoms with Crippen molar-refractivity contribution >= 4 is 5.97 Å². The Kier molecular flexibility index (Phi) is 17.7. The first kappa shape index (κ1) is 51.1. The first-order chi connectivity index (χ1) is 33.7. The number of ether oxygens (including phenoxy) is 7. The third-order valence-electron chi connectivity index (χ3n) is 9.93. The largest absolute Gasteiger partial charge is 0.507 e. The number of methoxy groups -OCH3 is 2. The van der Waals surface area contributed by atoms with Gasteiger partial charge in [-0.05, 0) is 82.6 Å². The van der Waals surface area contributed by atoms with Crippen molar-refractivity contribution in [3.05, 3.63) is 103 Å². The van der Waals surface area contributed by atoms with Crippen molar-refractivity contribution in [2.75, 3.05) is 53.9 Å². The van der Waals surface area contributed by atoms with E-state index >= 15 is 0 Å². The summed E-state index contributed by atoms with van der Waals surface area (Å²) in [5.74, 6) is 2.54. The molecule has 0 bridgehead atoms. The molecule has 0 atom stereocenters. The first-order valence-electron chi connectivity index (χ1n) is 22.3. The summed E-state index contributed by atoms with van der Waals surface area (Å²) in [7, 11) is 3.01. The van der Waals surface area contributed by atoms with E-state index in [-0.39, 0.29) is 78.1 Å². The second-order valence-electron chi connectivity index (χ2n) is 16.2. The highest BCUT2D eigenvalue weighted by atomic mass is 16.6. The van der Waals surface area contributed by atoms with Gasteiger partial charge in [0.25, 0.3) is 0 Å². The van der Waals surface area contributed by atoms with Crippen molar-refractivity contribution in [2.24, 2.45) is 5.41 Å². The Morgan fingerprint density at radius 1 is 0.486 bits per heavy atom. The maximum absolute atomic E-state index is 11.9. The number of hydrogen-bond donors (Lipinski definition) is 4. The fraction of sp³-hybridized carbons (Fsp3) is 0.288. The van der Waals surface area contributed by atoms with Crippen molar-refractivity contribution in [1.82, 2.24) is 29.9 Å². The van der Waals surface area contributed by atoms with Gasteiger partial charge in [-0.1, -0.05) is 37.3 Å². The lowest BCUT2D eigenvalue weighted by atomic mass is 9.97. The van der Waals surface area contributed by atoms with E-state index in [1.807, 2.05) is 44.2 Å². The van der Waals surface area contributed by atoms with Crippen LogP contribution in [0.5, 0.6) is 52.0 Å². The number of carbonyl (C=O) groups is 1. The summed E-state index contributed by atoms with van der Waals surface area (Å²) in [6, 6.07) is 28.7. The topological polar surface area (TPSA) is 240 Å². The molecule has 18 nitrogen and oxygen atoms in total. The molecule has 0 saturated carbocycles. The highest BCUT2D eigenvalue weighted by Gasteiger charge is 2.23. The van der Waals surface area contributed by atoms with Gasteiger partial charge >= 0.3 is 12.0 Å². The third kappa shape index (κ3) is 13.7. The van der Waals surface area contributed by atoms with Crippen LogP contribution in [-0.2, 0) is 14.3 Å². The Hall–Kier alpha value is -8.25. The van der Waals surface area contributed by atoms with E-state index in [4.69, 9.17) is 33.2 Å². The minimum absolute atomic E-state index is 0.0371. The Morgan fingerprint density at radius 3 is 1.33 bits per heavy atom. The standard InChI is InChI=1S/C31H33N3O6.C21H23N3O6/c1-5-15-38-21-11-13-23(25(35)18-21)28-32-27(20-9-7-6-8-10-20)33-29(34-28)24-14-12-22(19-26(24)36)39-16-17-40-30(37)31(2,3)4;1-4-29-9-10-30-21-23-19(15-7-5-13(27-2)11-17(15)25)22-20(24-21)16-8-6-14(28-3)12-18(16)26/h6-14,18-19,35-36H,5,15-17H2,1-4H3;5-8,11-12,25-26H,4,9-10H2,1-3H3. The molecule has 7 aromatic rings. The number of carbonyl (C=O) groups excluding carboxylic acids is 1. The molecule has 5 aromatic carbocycles. The van der Waals surface area contributed by atoms with Crippen LogP contribution in [0.4, 0.5) is 0 Å². The number of hydrogen-bond acceptors (Lipinski definition) is 18. The van der Waals surface area contributed by atoms with Crippen LogP contribution in [0, 0.1) is 5.41 Å². The number of aromatic hydroxyl groups is 4. The van der Waals surface area contributed by atoms with Gasteiger partial charge < -0.3 is 53.6 Å². The molecule has 0 amide bonds. The van der Waals surface area contributed by atoms with Gasteiger partial charge in [-0.15, -0.1) is 0 Å². The summed E-state index contributed by atoms with van der Waals surface area (Å²) in [6.45, 7) is 11.2. The van der Waals surface area contributed by atoms with E-state index in [2.05, 4.69) is 29.9 Å². The molecular weight excluding hydrogens is 901 g/mol. The summed E-state index contributed by atoms with van der Waals surface area (Å²) < 4.78 is 37.6. The predicted molar refractivity (Wildman–Crippen MR) is 260 cm³/mol. The molecule has 0 aliphatic carbocycles. The molecule has 366 valence electrons. The van der Waals surface area contributed by atoms with Crippen LogP contribution in [0.3, 0.4) is 0 Å². The molecule has 4 N–H and O–H groups in total. The zero-order valence-electron chi connectivity index (χ0n) is 40.0. The molecule has 0 spiro atoms. The van der Waals surface area contributed by atoms with Crippen LogP contribution < -0.4 is 23.7 Å². The number of rotatable bonds is 19. The van der Waals surface area contributed by atoms with E-state index in [9.17, 15) is 25.2 Å². The van der Waals surface area contributed by atoms with Crippen LogP contribution in [0.2, 0.25) is 0 Å². The maximum Gasteiger partial charge on any atom is 0.320 e. The smallest absolute Gasteiger partial charge is 0.320 e. The number of aromatic nitrogens is 6. The van der Waals surface area contributed by atoms with Gasteiger partial charge in [0.1, 0.15) is 65.8 Å². The van der Waals surface area contributed by atoms with Crippen LogP contribution >= 0.6 is 0 Å². The van der Waals surface area contributed by atoms with Crippen molar-refractivity contribution < 1.29 is 58.4 Å². The van der Waals surface area contributed by atoms with Crippen molar-refractivity contribution in [3.63, 3.8) is 0 Å². The first-order valence-corrected chi connectivity index (χ1v) is 22.3. The van der Waals surface area contributed by atoms with E-state index in [1.54, 1.807) is 69.3 Å². The summed E-state index contributed by atoms with van der Waals surface area (Å²) in [5, 5.41) is 42.4. The van der Waals surface area contributed by atoms with Crippen LogP contribution in [0.15, 0.2) is 103 Å². The van der Waals surface area contributed by atoms with Crippen molar-refractivity contribution in [1.29, 1.82) is 0 Å². The fourth-order valence-corrected chi connectivity index (χ4v) is 6.30. The average molecular weight is 957 g/mol. The highest BCUT2D eigenvalue weighted by Crippen LogP contribution is 2.37. The monoisotopic (exact) mass is 956 g/mol. The van der Waals surface area contributed by atoms with Crippen LogP contribution in [0.25, 0.3) is 56.9 Å². The maximum atomic E-state index is 11.9. The summed E-state index contributed by atoms with van der Waals surface area (Å²) in [6.07, 6.45) is 0.845. The van der Waals surface area contributed by atoms with Gasteiger partial charge in [0.2, 0.25) is 0 Å². The molecule has 2 heterocycles. The number of esters is 1. The van der Waals surface area contributed by atoms with Gasteiger partial charge in [-0.3, -0.25) is 4.79 Å². The zero-order valence-corrected chi connectivity index (χ0v) is 40.0. The lowest BCUT2D eigenvalue weighted by molar-refractivity contribution is -0.153. The second-order valence-corrected chi connectivity index (χ2v) is 16.2. The molecule has 2 aromatic heterocycles. The Bertz CT molecular complexity index is 2790. The summed E-state index contributed by atoms with van der Waals surface area (Å²) in [5.41, 5.74) is 1.63. The molecular formula is C52H56N6O12. The fourth-order valence-electron chi connectivity index (χ4n) is 6.30. The lowest BCUT2D eigenvalue weighted by Gasteiger charge is -2.16. The SMILES string of the molecule is CCCOc1ccc(-c2nc(-c3ccccc3)nc(-c3ccc(OCCOC(=O)C(C)(C)C)cc3O)n2)c(O)c1.CCOCCOc1nc(-c2ccc(OC)cc2O)nc(-c2ccc(OC)cc2O)n1. The van der Waals surface area contributed by atoms with Crippen molar-refractivity contribution in [3.8, 4) is 109 Å². The van der Waals surface area contributed by atoms with E-state index in [0.29, 0.717) is 70.9 Å². The molecule has 70 heavy (non-hydrogen) atoms. The van der Waals surface area contributed by atoms with E-state index in [0.717, 1.165) is 12.0 Å². The Morgan fingerprint density at radius 2 is 0.900 bits per heavy atom. The Balaban J connectivity index is 0.000000239. The van der Waals surface area contributed by atoms with E-state index < -0.39 is 5.41 Å². The molecule has 0 fully saturated rings. The second kappa shape index (κ2) is 24.2. The third-order valence-corrected chi connectivity index (χ3v) is 9.93. The number of phenols is 4. The minimum atomic E-state index is -0.594. The Labute approximate surface area is 405 Å². The summed E-state index contributed by atoms with van der Waals surface area (Å²) in [4.78, 5) is 38.7.